The fourth-order valence-electron chi connectivity index (χ4n) is 1.98. The Labute approximate surface area is 147 Å². The molecule has 0 spiro atoms. The van der Waals surface area contributed by atoms with E-state index in [1.165, 1.54) is 0 Å². The van der Waals surface area contributed by atoms with Crippen LogP contribution in [0.4, 0.5) is 41.2 Å². The van der Waals surface area contributed by atoms with E-state index in [0.717, 1.165) is 24.3 Å². The quantitative estimate of drug-likeness (QED) is 0.710. The van der Waals surface area contributed by atoms with E-state index < -0.39 is 42.2 Å². The molecule has 0 bridgehead atoms. The molecule has 2 aromatic rings. The number of amides is 2. The lowest BCUT2D eigenvalue weighted by atomic mass is 10.1. The number of carbonyl (C=O) groups is 1. The Hall–Kier alpha value is -2.98. The molecule has 0 fully saturated rings. The van der Waals surface area contributed by atoms with E-state index in [0.29, 0.717) is 18.2 Å². The van der Waals surface area contributed by atoms with Gasteiger partial charge in [0.05, 0.1) is 5.56 Å². The van der Waals surface area contributed by atoms with Crippen molar-refractivity contribution in [3.63, 3.8) is 0 Å². The van der Waals surface area contributed by atoms with Gasteiger partial charge in [0.15, 0.2) is 0 Å². The SMILES string of the molecule is O=C(NCc1cc(C(F)(F)F)ccc1F)Nc1ccc(OC(F)(F)F)cc1. The second-order valence-corrected chi connectivity index (χ2v) is 5.18. The third-order valence-corrected chi connectivity index (χ3v) is 3.16. The molecule has 0 atom stereocenters. The maximum Gasteiger partial charge on any atom is 0.573 e. The number of rotatable bonds is 4. The molecule has 0 aliphatic rings. The Morgan fingerprint density at radius 3 is 2.15 bits per heavy atom. The van der Waals surface area contributed by atoms with Crippen LogP contribution in [0.25, 0.3) is 0 Å². The van der Waals surface area contributed by atoms with Crippen LogP contribution in [0, 0.1) is 5.82 Å². The number of urea groups is 1. The molecule has 0 saturated carbocycles. The monoisotopic (exact) mass is 396 g/mol. The smallest absolute Gasteiger partial charge is 0.406 e. The molecule has 0 unspecified atom stereocenters. The van der Waals surface area contributed by atoms with Crippen LogP contribution in [0.15, 0.2) is 42.5 Å². The van der Waals surface area contributed by atoms with Gasteiger partial charge in [-0.05, 0) is 42.5 Å². The second kappa shape index (κ2) is 7.72. The van der Waals surface area contributed by atoms with E-state index in [4.69, 9.17) is 0 Å². The summed E-state index contributed by atoms with van der Waals surface area (Å²) >= 11 is 0. The number of ether oxygens (including phenoxy) is 1. The van der Waals surface area contributed by atoms with Gasteiger partial charge in [0.2, 0.25) is 0 Å². The molecule has 2 N–H and O–H groups in total. The van der Waals surface area contributed by atoms with Crippen molar-refractivity contribution in [3.8, 4) is 5.75 Å². The summed E-state index contributed by atoms with van der Waals surface area (Å²) in [6, 6.07) is 5.03. The van der Waals surface area contributed by atoms with Gasteiger partial charge in [-0.25, -0.2) is 9.18 Å². The Kier molecular flexibility index (Phi) is 5.82. The molecule has 2 aromatic carbocycles. The highest BCUT2D eigenvalue weighted by atomic mass is 19.4. The number of carbonyl (C=O) groups excluding carboxylic acids is 1. The van der Waals surface area contributed by atoms with Crippen molar-refractivity contribution in [2.24, 2.45) is 0 Å². The molecular formula is C16H11F7N2O2. The van der Waals surface area contributed by atoms with Crippen molar-refractivity contribution < 1.29 is 40.3 Å². The van der Waals surface area contributed by atoms with Crippen molar-refractivity contribution in [1.82, 2.24) is 5.32 Å². The van der Waals surface area contributed by atoms with E-state index in [2.05, 4.69) is 15.4 Å². The van der Waals surface area contributed by atoms with Gasteiger partial charge in [0.1, 0.15) is 11.6 Å². The normalized spacial score (nSPS) is 11.8. The molecule has 146 valence electrons. The number of nitrogens with one attached hydrogen (secondary N) is 2. The first-order valence-electron chi connectivity index (χ1n) is 7.20. The van der Waals surface area contributed by atoms with Crippen molar-refractivity contribution in [2.45, 2.75) is 19.1 Å². The molecule has 2 amide bonds. The van der Waals surface area contributed by atoms with Crippen LogP contribution >= 0.6 is 0 Å². The largest absolute Gasteiger partial charge is 0.573 e. The van der Waals surface area contributed by atoms with Gasteiger partial charge in [-0.3, -0.25) is 0 Å². The molecular weight excluding hydrogens is 385 g/mol. The molecule has 0 radical (unpaired) electrons. The van der Waals surface area contributed by atoms with Crippen LogP contribution < -0.4 is 15.4 Å². The van der Waals surface area contributed by atoms with Crippen molar-refractivity contribution in [2.75, 3.05) is 5.32 Å². The summed E-state index contributed by atoms with van der Waals surface area (Å²) in [6.07, 6.45) is -9.52. The molecule has 0 aliphatic heterocycles. The number of hydrogen-bond acceptors (Lipinski definition) is 2. The number of hydrogen-bond donors (Lipinski definition) is 2. The Morgan fingerprint density at radius 1 is 0.963 bits per heavy atom. The number of halogens is 7. The number of alkyl halides is 6. The van der Waals surface area contributed by atoms with Crippen LogP contribution in [-0.2, 0) is 12.7 Å². The van der Waals surface area contributed by atoms with Gasteiger partial charge < -0.3 is 15.4 Å². The summed E-state index contributed by atoms with van der Waals surface area (Å²) in [5.74, 6) is -1.43. The third kappa shape index (κ3) is 6.35. The molecule has 11 heteroatoms. The standard InChI is InChI=1S/C16H11F7N2O2/c17-13-6-1-10(15(18,19)20)7-9(13)8-24-14(26)25-11-2-4-12(5-3-11)27-16(21,22)23/h1-7H,8H2,(H2,24,25,26). The summed E-state index contributed by atoms with van der Waals surface area (Å²) in [7, 11) is 0. The topological polar surface area (TPSA) is 50.4 Å². The molecule has 0 aliphatic carbocycles. The van der Waals surface area contributed by atoms with Gasteiger partial charge in [0.25, 0.3) is 0 Å². The highest BCUT2D eigenvalue weighted by molar-refractivity contribution is 5.89. The highest BCUT2D eigenvalue weighted by Crippen LogP contribution is 2.30. The maximum absolute atomic E-state index is 13.6. The van der Waals surface area contributed by atoms with Gasteiger partial charge in [-0.15, -0.1) is 13.2 Å². The lowest BCUT2D eigenvalue weighted by Gasteiger charge is -2.12. The first kappa shape index (κ1) is 20.3. The number of anilines is 1. The first-order valence-corrected chi connectivity index (χ1v) is 7.20. The van der Waals surface area contributed by atoms with Crippen molar-refractivity contribution in [1.29, 1.82) is 0 Å². The van der Waals surface area contributed by atoms with Gasteiger partial charge >= 0.3 is 18.6 Å². The summed E-state index contributed by atoms with van der Waals surface area (Å²) in [4.78, 5) is 11.7. The Morgan fingerprint density at radius 2 is 1.59 bits per heavy atom. The second-order valence-electron chi connectivity index (χ2n) is 5.18. The molecule has 0 aromatic heterocycles. The minimum Gasteiger partial charge on any atom is -0.406 e. The first-order chi connectivity index (χ1) is 12.4. The van der Waals surface area contributed by atoms with Crippen molar-refractivity contribution >= 4 is 11.7 Å². The summed E-state index contributed by atoms with van der Waals surface area (Å²) in [6.45, 7) is -0.531. The average molecular weight is 396 g/mol. The van der Waals surface area contributed by atoms with Crippen LogP contribution in [-0.4, -0.2) is 12.4 Å². The van der Waals surface area contributed by atoms with Crippen LogP contribution in [0.1, 0.15) is 11.1 Å². The predicted molar refractivity (Wildman–Crippen MR) is 80.4 cm³/mol. The Balaban J connectivity index is 1.95. The molecule has 2 rings (SSSR count). The Bertz CT molecular complexity index is 802. The zero-order valence-electron chi connectivity index (χ0n) is 13.2. The maximum atomic E-state index is 13.6. The lowest BCUT2D eigenvalue weighted by molar-refractivity contribution is -0.274. The molecule has 0 heterocycles. The molecule has 27 heavy (non-hydrogen) atoms. The van der Waals surface area contributed by atoms with Gasteiger partial charge in [-0.2, -0.15) is 13.2 Å². The fraction of sp³-hybridized carbons (Fsp3) is 0.188. The molecule has 4 nitrogen and oxygen atoms in total. The number of benzene rings is 2. The van der Waals surface area contributed by atoms with E-state index in [1.807, 2.05) is 0 Å². The lowest BCUT2D eigenvalue weighted by Crippen LogP contribution is -2.28. The zero-order chi connectivity index (χ0) is 20.2. The highest BCUT2D eigenvalue weighted by Gasteiger charge is 2.31. The van der Waals surface area contributed by atoms with E-state index in [-0.39, 0.29) is 11.3 Å². The van der Waals surface area contributed by atoms with Crippen LogP contribution in [0.5, 0.6) is 5.75 Å². The van der Waals surface area contributed by atoms with Crippen LogP contribution in [0.3, 0.4) is 0 Å². The van der Waals surface area contributed by atoms with Gasteiger partial charge in [-0.1, -0.05) is 0 Å². The minimum absolute atomic E-state index is 0.0894. The van der Waals surface area contributed by atoms with Crippen LogP contribution in [0.2, 0.25) is 0 Å². The molecule has 0 saturated heterocycles. The zero-order valence-corrected chi connectivity index (χ0v) is 13.2. The van der Waals surface area contributed by atoms with E-state index >= 15 is 0 Å². The fourth-order valence-corrected chi connectivity index (χ4v) is 1.98. The predicted octanol–water partition coefficient (Wildman–Crippen LogP) is 5.06. The summed E-state index contributed by atoms with van der Waals surface area (Å²) in [5, 5.41) is 4.39. The summed E-state index contributed by atoms with van der Waals surface area (Å²) < 4.78 is 91.2. The average Bonchev–Trinajstić information content (AvgIpc) is 2.53. The third-order valence-electron chi connectivity index (χ3n) is 3.16. The van der Waals surface area contributed by atoms with Crippen molar-refractivity contribution in [3.05, 3.63) is 59.4 Å². The van der Waals surface area contributed by atoms with E-state index in [1.54, 1.807) is 0 Å². The minimum atomic E-state index is -4.86. The van der Waals surface area contributed by atoms with Gasteiger partial charge in [0, 0.05) is 17.8 Å². The summed E-state index contributed by atoms with van der Waals surface area (Å²) in [5.41, 5.74) is -1.36. The van der Waals surface area contributed by atoms with E-state index in [9.17, 15) is 35.5 Å².